The second kappa shape index (κ2) is 6.40. The van der Waals surface area contributed by atoms with Gasteiger partial charge in [-0.3, -0.25) is 9.59 Å². The van der Waals surface area contributed by atoms with Crippen LogP contribution in [-0.4, -0.2) is 25.5 Å². The molecule has 0 aromatic carbocycles. The highest BCUT2D eigenvalue weighted by molar-refractivity contribution is 5.82. The zero-order valence-corrected chi connectivity index (χ0v) is 9.29. The van der Waals surface area contributed by atoms with Gasteiger partial charge in [0.1, 0.15) is 0 Å². The van der Waals surface area contributed by atoms with E-state index in [1.54, 1.807) is 14.0 Å². The maximum Gasteiger partial charge on any atom is 0.309 e. The first-order valence-corrected chi connectivity index (χ1v) is 4.90. The molecule has 82 valence electrons. The maximum absolute atomic E-state index is 11.4. The van der Waals surface area contributed by atoms with Crippen LogP contribution in [0.4, 0.5) is 0 Å². The van der Waals surface area contributed by atoms with Crippen LogP contribution in [-0.2, 0) is 14.3 Å². The van der Waals surface area contributed by atoms with Crippen molar-refractivity contribution in [2.45, 2.75) is 27.2 Å². The van der Waals surface area contributed by atoms with Gasteiger partial charge in [-0.25, -0.2) is 0 Å². The number of ether oxygens (including phenoxy) is 1. The Morgan fingerprint density at radius 3 is 2.29 bits per heavy atom. The molecule has 14 heavy (non-hydrogen) atoms. The van der Waals surface area contributed by atoms with E-state index in [2.05, 4.69) is 5.32 Å². The minimum atomic E-state index is -0.338. The summed E-state index contributed by atoms with van der Waals surface area (Å²) >= 11 is 0. The van der Waals surface area contributed by atoms with E-state index >= 15 is 0 Å². The van der Waals surface area contributed by atoms with Gasteiger partial charge >= 0.3 is 5.97 Å². The molecule has 0 saturated heterocycles. The average molecular weight is 201 g/mol. The third-order valence-corrected chi connectivity index (χ3v) is 2.08. The summed E-state index contributed by atoms with van der Waals surface area (Å²) < 4.78 is 4.89. The molecule has 0 heterocycles. The minimum Gasteiger partial charge on any atom is -0.466 e. The third-order valence-electron chi connectivity index (χ3n) is 2.08. The molecule has 0 aromatic rings. The molecule has 0 fully saturated rings. The smallest absolute Gasteiger partial charge is 0.309 e. The Bertz CT molecular complexity index is 202. The van der Waals surface area contributed by atoms with Crippen molar-refractivity contribution in [3.05, 3.63) is 0 Å². The van der Waals surface area contributed by atoms with Crippen molar-refractivity contribution in [3.8, 4) is 0 Å². The molecular formula is C10H19NO3. The van der Waals surface area contributed by atoms with Crippen molar-refractivity contribution in [2.24, 2.45) is 11.8 Å². The molecule has 0 radical (unpaired) electrons. The predicted molar refractivity (Wildman–Crippen MR) is 53.6 cm³/mol. The molecular weight excluding hydrogens is 182 g/mol. The first-order chi connectivity index (χ1) is 6.52. The van der Waals surface area contributed by atoms with Gasteiger partial charge in [0.2, 0.25) is 5.91 Å². The van der Waals surface area contributed by atoms with E-state index in [9.17, 15) is 9.59 Å². The molecule has 0 aliphatic rings. The fourth-order valence-corrected chi connectivity index (χ4v) is 1.14. The van der Waals surface area contributed by atoms with E-state index in [1.807, 2.05) is 13.8 Å². The second-order valence-electron chi connectivity index (χ2n) is 3.48. The van der Waals surface area contributed by atoms with Crippen molar-refractivity contribution in [1.82, 2.24) is 5.32 Å². The lowest BCUT2D eigenvalue weighted by molar-refractivity contribution is -0.151. The first-order valence-electron chi connectivity index (χ1n) is 4.90. The van der Waals surface area contributed by atoms with Crippen LogP contribution >= 0.6 is 0 Å². The van der Waals surface area contributed by atoms with Crippen LogP contribution in [0.1, 0.15) is 27.2 Å². The van der Waals surface area contributed by atoms with Gasteiger partial charge < -0.3 is 10.1 Å². The SMILES string of the molecule is CCOC(=O)[C@@H](CC(=O)NC)C(C)C. The lowest BCUT2D eigenvalue weighted by Gasteiger charge is -2.17. The Balaban J connectivity index is 4.29. The number of amides is 1. The lowest BCUT2D eigenvalue weighted by atomic mass is 9.92. The van der Waals surface area contributed by atoms with Gasteiger partial charge in [-0.15, -0.1) is 0 Å². The molecule has 1 N–H and O–H groups in total. The Kier molecular flexibility index (Phi) is 5.92. The van der Waals surface area contributed by atoms with Crippen LogP contribution in [0.2, 0.25) is 0 Å². The average Bonchev–Trinajstić information content (AvgIpc) is 2.13. The number of carbonyl (C=O) groups excluding carboxylic acids is 2. The molecule has 0 rings (SSSR count). The molecule has 0 aliphatic carbocycles. The van der Waals surface area contributed by atoms with E-state index in [4.69, 9.17) is 4.74 Å². The molecule has 0 aliphatic heterocycles. The Hall–Kier alpha value is -1.06. The van der Waals surface area contributed by atoms with Gasteiger partial charge in [-0.05, 0) is 12.8 Å². The maximum atomic E-state index is 11.4. The van der Waals surface area contributed by atoms with Crippen LogP contribution in [0.5, 0.6) is 0 Å². The molecule has 0 spiro atoms. The van der Waals surface area contributed by atoms with Gasteiger partial charge in [0, 0.05) is 13.5 Å². The highest BCUT2D eigenvalue weighted by Gasteiger charge is 2.25. The standard InChI is InChI=1S/C10H19NO3/c1-5-14-10(13)8(7(2)3)6-9(12)11-4/h7-8H,5-6H2,1-4H3,(H,11,12)/t8-/m0/s1. The largest absolute Gasteiger partial charge is 0.466 e. The van der Waals surface area contributed by atoms with Crippen LogP contribution < -0.4 is 5.32 Å². The highest BCUT2D eigenvalue weighted by Crippen LogP contribution is 2.16. The monoisotopic (exact) mass is 201 g/mol. The fraction of sp³-hybridized carbons (Fsp3) is 0.800. The molecule has 4 heteroatoms. The highest BCUT2D eigenvalue weighted by atomic mass is 16.5. The van der Waals surface area contributed by atoms with Crippen molar-refractivity contribution in [2.75, 3.05) is 13.7 Å². The van der Waals surface area contributed by atoms with Crippen LogP contribution in [0.15, 0.2) is 0 Å². The third kappa shape index (κ3) is 4.25. The summed E-state index contributed by atoms with van der Waals surface area (Å²) in [5, 5.41) is 2.50. The number of nitrogens with one attached hydrogen (secondary N) is 1. The van der Waals surface area contributed by atoms with Gasteiger partial charge in [0.25, 0.3) is 0 Å². The summed E-state index contributed by atoms with van der Waals surface area (Å²) in [6.07, 6.45) is 0.201. The molecule has 0 bridgehead atoms. The van der Waals surface area contributed by atoms with E-state index in [1.165, 1.54) is 0 Å². The summed E-state index contributed by atoms with van der Waals surface area (Å²) in [6.45, 7) is 5.93. The second-order valence-corrected chi connectivity index (χ2v) is 3.48. The van der Waals surface area contributed by atoms with Crippen LogP contribution in [0.25, 0.3) is 0 Å². The first kappa shape index (κ1) is 12.9. The molecule has 1 amide bonds. The van der Waals surface area contributed by atoms with E-state index in [0.29, 0.717) is 6.61 Å². The van der Waals surface area contributed by atoms with Crippen molar-refractivity contribution >= 4 is 11.9 Å². The topological polar surface area (TPSA) is 55.4 Å². The zero-order valence-electron chi connectivity index (χ0n) is 9.29. The van der Waals surface area contributed by atoms with Gasteiger partial charge in [-0.1, -0.05) is 13.8 Å². The molecule has 1 atom stereocenters. The van der Waals surface area contributed by atoms with Crippen molar-refractivity contribution < 1.29 is 14.3 Å². The number of hydrogen-bond acceptors (Lipinski definition) is 3. The van der Waals surface area contributed by atoms with Gasteiger partial charge in [0.05, 0.1) is 12.5 Å². The summed E-state index contributed by atoms with van der Waals surface area (Å²) in [6, 6.07) is 0. The summed E-state index contributed by atoms with van der Waals surface area (Å²) in [4.78, 5) is 22.6. The molecule has 0 saturated carbocycles. The van der Waals surface area contributed by atoms with Crippen molar-refractivity contribution in [1.29, 1.82) is 0 Å². The number of rotatable bonds is 5. The molecule has 0 aromatic heterocycles. The molecule has 4 nitrogen and oxygen atoms in total. The van der Waals surface area contributed by atoms with E-state index in [0.717, 1.165) is 0 Å². The van der Waals surface area contributed by atoms with Gasteiger partial charge in [0.15, 0.2) is 0 Å². The summed E-state index contributed by atoms with van der Waals surface area (Å²) in [5.41, 5.74) is 0. The Labute approximate surface area is 85.0 Å². The normalized spacial score (nSPS) is 12.4. The van der Waals surface area contributed by atoms with Crippen molar-refractivity contribution in [3.63, 3.8) is 0 Å². The van der Waals surface area contributed by atoms with E-state index in [-0.39, 0.29) is 30.1 Å². The number of hydrogen-bond donors (Lipinski definition) is 1. The number of esters is 1. The minimum absolute atomic E-state index is 0.117. The van der Waals surface area contributed by atoms with Crippen LogP contribution in [0, 0.1) is 11.8 Å². The van der Waals surface area contributed by atoms with E-state index < -0.39 is 0 Å². The van der Waals surface area contributed by atoms with Gasteiger partial charge in [-0.2, -0.15) is 0 Å². The fourth-order valence-electron chi connectivity index (χ4n) is 1.14. The molecule has 0 unspecified atom stereocenters. The summed E-state index contributed by atoms with van der Waals surface area (Å²) in [7, 11) is 1.56. The predicted octanol–water partition coefficient (Wildman–Crippen LogP) is 0.958. The number of carbonyl (C=O) groups is 2. The zero-order chi connectivity index (χ0) is 11.1. The Morgan fingerprint density at radius 1 is 1.36 bits per heavy atom. The lowest BCUT2D eigenvalue weighted by Crippen LogP contribution is -2.29. The quantitative estimate of drug-likeness (QED) is 0.674. The van der Waals surface area contributed by atoms with Crippen LogP contribution in [0.3, 0.4) is 0 Å². The summed E-state index contributed by atoms with van der Waals surface area (Å²) in [5.74, 6) is -0.635. The Morgan fingerprint density at radius 2 is 1.93 bits per heavy atom.